The first-order chi connectivity index (χ1) is 10.3. The maximum absolute atomic E-state index is 4.42. The Balaban J connectivity index is 1.97. The average molecular weight is 299 g/mol. The average Bonchev–Trinajstić information content (AvgIpc) is 3.14. The Bertz CT molecular complexity index is 680. The lowest BCUT2D eigenvalue weighted by Crippen LogP contribution is -2.22. The number of thiophene rings is 1. The van der Waals surface area contributed by atoms with Crippen molar-refractivity contribution < 1.29 is 0 Å². The minimum absolute atomic E-state index is 0.239. The first kappa shape index (κ1) is 14.3. The predicted octanol–water partition coefficient (Wildman–Crippen LogP) is 4.21. The van der Waals surface area contributed by atoms with Gasteiger partial charge in [0.15, 0.2) is 0 Å². The van der Waals surface area contributed by atoms with Crippen LogP contribution in [0.15, 0.2) is 42.7 Å². The normalized spacial score (nSPS) is 12.9. The summed E-state index contributed by atoms with van der Waals surface area (Å²) in [5, 5.41) is 9.40. The van der Waals surface area contributed by atoms with Crippen molar-refractivity contribution in [2.24, 2.45) is 0 Å². The molecule has 0 radical (unpaired) electrons. The third-order valence-corrected chi connectivity index (χ3v) is 4.82. The third kappa shape index (κ3) is 3.01. The van der Waals surface area contributed by atoms with Crippen molar-refractivity contribution in [1.29, 1.82) is 0 Å². The largest absolute Gasteiger partial charge is 0.306 e. The molecule has 110 valence electrons. The molecule has 3 aromatic rings. The third-order valence-electron chi connectivity index (χ3n) is 3.64. The number of hydrogen-bond acceptors (Lipinski definition) is 3. The van der Waals surface area contributed by atoms with Crippen molar-refractivity contribution in [3.8, 4) is 0 Å². The van der Waals surface area contributed by atoms with Gasteiger partial charge in [-0.25, -0.2) is 0 Å². The quantitative estimate of drug-likeness (QED) is 0.739. The van der Waals surface area contributed by atoms with Crippen molar-refractivity contribution in [3.05, 3.63) is 53.2 Å². The summed E-state index contributed by atoms with van der Waals surface area (Å²) in [7, 11) is 0. The van der Waals surface area contributed by atoms with Gasteiger partial charge < -0.3 is 5.32 Å². The molecule has 0 aliphatic carbocycles. The molecule has 1 N–H and O–H groups in total. The molecular formula is C17H21N3S. The van der Waals surface area contributed by atoms with Gasteiger partial charge in [0, 0.05) is 27.9 Å². The van der Waals surface area contributed by atoms with Crippen LogP contribution in [0.3, 0.4) is 0 Å². The van der Waals surface area contributed by atoms with Crippen LogP contribution in [0.5, 0.6) is 0 Å². The number of hydrogen-bond donors (Lipinski definition) is 1. The predicted molar refractivity (Wildman–Crippen MR) is 89.9 cm³/mol. The fourth-order valence-electron chi connectivity index (χ4n) is 2.52. The Labute approximate surface area is 129 Å². The number of nitrogens with zero attached hydrogens (tertiary/aromatic N) is 2. The van der Waals surface area contributed by atoms with Gasteiger partial charge in [0.1, 0.15) is 0 Å². The highest BCUT2D eigenvalue weighted by molar-refractivity contribution is 7.19. The molecule has 0 aliphatic heterocycles. The number of nitrogens with one attached hydrogen (secondary N) is 1. The molecule has 3 rings (SSSR count). The highest BCUT2D eigenvalue weighted by Gasteiger charge is 2.17. The van der Waals surface area contributed by atoms with E-state index in [0.29, 0.717) is 0 Å². The van der Waals surface area contributed by atoms with E-state index in [4.69, 9.17) is 0 Å². The minimum atomic E-state index is 0.239. The van der Waals surface area contributed by atoms with Gasteiger partial charge in [-0.3, -0.25) is 4.68 Å². The Morgan fingerprint density at radius 2 is 2.14 bits per heavy atom. The van der Waals surface area contributed by atoms with Crippen LogP contribution in [0.2, 0.25) is 0 Å². The topological polar surface area (TPSA) is 29.9 Å². The first-order valence-electron chi connectivity index (χ1n) is 7.56. The number of fused-ring (bicyclic) bond motifs is 1. The van der Waals surface area contributed by atoms with Gasteiger partial charge in [-0.15, -0.1) is 11.3 Å². The number of aryl methyl sites for hydroxylation is 1. The van der Waals surface area contributed by atoms with Gasteiger partial charge in [-0.05, 0) is 37.4 Å². The maximum Gasteiger partial charge on any atom is 0.0702 e. The van der Waals surface area contributed by atoms with Gasteiger partial charge in [0.05, 0.1) is 12.2 Å². The monoisotopic (exact) mass is 299 g/mol. The zero-order valence-corrected chi connectivity index (χ0v) is 13.4. The lowest BCUT2D eigenvalue weighted by molar-refractivity contribution is 0.603. The molecule has 0 saturated heterocycles. The summed E-state index contributed by atoms with van der Waals surface area (Å²) in [5.74, 6) is 0. The fraction of sp³-hybridized carbons (Fsp3) is 0.353. The number of aromatic nitrogens is 2. The second-order valence-electron chi connectivity index (χ2n) is 5.20. The second-order valence-corrected chi connectivity index (χ2v) is 6.32. The van der Waals surface area contributed by atoms with Crippen LogP contribution < -0.4 is 5.32 Å². The Morgan fingerprint density at radius 1 is 1.29 bits per heavy atom. The van der Waals surface area contributed by atoms with Crippen molar-refractivity contribution in [2.75, 3.05) is 6.54 Å². The summed E-state index contributed by atoms with van der Waals surface area (Å²) in [5.41, 5.74) is 1.25. The van der Waals surface area contributed by atoms with Crippen LogP contribution >= 0.6 is 11.3 Å². The number of benzene rings is 1. The molecule has 1 aromatic carbocycles. The van der Waals surface area contributed by atoms with E-state index < -0.39 is 0 Å². The van der Waals surface area contributed by atoms with E-state index in [2.05, 4.69) is 60.8 Å². The molecule has 0 aliphatic rings. The lowest BCUT2D eigenvalue weighted by atomic mass is 10.1. The molecular weight excluding hydrogens is 278 g/mol. The maximum atomic E-state index is 4.42. The molecule has 0 bridgehead atoms. The minimum Gasteiger partial charge on any atom is -0.306 e. The molecule has 21 heavy (non-hydrogen) atoms. The molecule has 0 spiro atoms. The van der Waals surface area contributed by atoms with Crippen molar-refractivity contribution in [3.63, 3.8) is 0 Å². The van der Waals surface area contributed by atoms with Crippen molar-refractivity contribution in [2.45, 2.75) is 32.9 Å². The molecule has 0 fully saturated rings. The fourth-order valence-corrected chi connectivity index (χ4v) is 3.69. The van der Waals surface area contributed by atoms with Crippen LogP contribution in [-0.2, 0) is 6.54 Å². The summed E-state index contributed by atoms with van der Waals surface area (Å²) >= 11 is 1.87. The molecule has 1 unspecified atom stereocenters. The van der Waals surface area contributed by atoms with E-state index in [-0.39, 0.29) is 6.04 Å². The summed E-state index contributed by atoms with van der Waals surface area (Å²) < 4.78 is 3.34. The van der Waals surface area contributed by atoms with E-state index in [1.54, 1.807) is 0 Å². The Morgan fingerprint density at radius 3 is 2.86 bits per heavy atom. The van der Waals surface area contributed by atoms with Crippen molar-refractivity contribution >= 4 is 21.4 Å². The molecule has 0 saturated carbocycles. The molecule has 4 heteroatoms. The molecule has 3 nitrogen and oxygen atoms in total. The van der Waals surface area contributed by atoms with Crippen LogP contribution in [0, 0.1) is 0 Å². The van der Waals surface area contributed by atoms with E-state index in [1.807, 2.05) is 22.2 Å². The Hall–Kier alpha value is -1.65. The van der Waals surface area contributed by atoms with Gasteiger partial charge >= 0.3 is 0 Å². The summed E-state index contributed by atoms with van der Waals surface area (Å²) in [6, 6.07) is 11.1. The smallest absolute Gasteiger partial charge is 0.0702 e. The standard InChI is InChI=1S/C17H21N3S/c1-3-9-18-17(14-11-19-20(4-2)12-14)16-10-13-7-5-6-8-15(13)21-16/h5-8,10-12,17-18H,3-4,9H2,1-2H3. The molecule has 1 atom stereocenters. The van der Waals surface area contributed by atoms with Crippen LogP contribution in [0.25, 0.3) is 10.1 Å². The highest BCUT2D eigenvalue weighted by Crippen LogP contribution is 2.33. The SMILES string of the molecule is CCCNC(c1cnn(CC)c1)c1cc2ccccc2s1. The van der Waals surface area contributed by atoms with Crippen molar-refractivity contribution in [1.82, 2.24) is 15.1 Å². The number of rotatable bonds is 6. The molecule has 2 aromatic heterocycles. The summed E-state index contributed by atoms with van der Waals surface area (Å²) in [4.78, 5) is 1.36. The van der Waals surface area contributed by atoms with Crippen LogP contribution in [-0.4, -0.2) is 16.3 Å². The van der Waals surface area contributed by atoms with E-state index in [1.165, 1.54) is 20.5 Å². The van der Waals surface area contributed by atoms with Gasteiger partial charge in [-0.2, -0.15) is 5.10 Å². The zero-order chi connectivity index (χ0) is 14.7. The van der Waals surface area contributed by atoms with Crippen LogP contribution in [0.1, 0.15) is 36.8 Å². The van der Waals surface area contributed by atoms with E-state index in [0.717, 1.165) is 19.5 Å². The summed E-state index contributed by atoms with van der Waals surface area (Å²) in [6.07, 6.45) is 5.27. The molecule has 0 amide bonds. The van der Waals surface area contributed by atoms with E-state index >= 15 is 0 Å². The van der Waals surface area contributed by atoms with Gasteiger partial charge in [0.2, 0.25) is 0 Å². The second kappa shape index (κ2) is 6.41. The highest BCUT2D eigenvalue weighted by atomic mass is 32.1. The Kier molecular flexibility index (Phi) is 4.36. The molecule has 2 heterocycles. The lowest BCUT2D eigenvalue weighted by Gasteiger charge is -2.15. The zero-order valence-electron chi connectivity index (χ0n) is 12.5. The van der Waals surface area contributed by atoms with E-state index in [9.17, 15) is 0 Å². The van der Waals surface area contributed by atoms with Crippen LogP contribution in [0.4, 0.5) is 0 Å². The van der Waals surface area contributed by atoms with Gasteiger partial charge in [-0.1, -0.05) is 25.1 Å². The first-order valence-corrected chi connectivity index (χ1v) is 8.37. The summed E-state index contributed by atoms with van der Waals surface area (Å²) in [6.45, 7) is 6.23. The van der Waals surface area contributed by atoms with Gasteiger partial charge in [0.25, 0.3) is 0 Å².